The normalized spacial score (nSPS) is 11.6. The largest absolute Gasteiger partial charge is 0.394 e. The highest BCUT2D eigenvalue weighted by atomic mass is 35.5. The van der Waals surface area contributed by atoms with Crippen molar-refractivity contribution in [3.05, 3.63) is 41.4 Å². The summed E-state index contributed by atoms with van der Waals surface area (Å²) < 4.78 is 41.0. The van der Waals surface area contributed by atoms with Crippen LogP contribution >= 0.6 is 11.6 Å². The number of hydrogen-bond acceptors (Lipinski definition) is 4. The Kier molecular flexibility index (Phi) is 4.26. The standard InChI is InChI=1S/C11H11ClFN3O3S/c12-8-1-2-11(10(13)5-8)15-20(18,19)9-6-14-16(7-9)3-4-17/h1-2,5-7,15,17H,3-4H2. The molecule has 0 fully saturated rings. The van der Waals surface area contributed by atoms with Crippen molar-refractivity contribution in [1.29, 1.82) is 0 Å². The molecule has 2 aromatic rings. The van der Waals surface area contributed by atoms with E-state index in [2.05, 4.69) is 9.82 Å². The Morgan fingerprint density at radius 2 is 2.20 bits per heavy atom. The van der Waals surface area contributed by atoms with Crippen LogP contribution in [0.15, 0.2) is 35.5 Å². The molecule has 20 heavy (non-hydrogen) atoms. The first-order chi connectivity index (χ1) is 9.42. The molecule has 0 bridgehead atoms. The summed E-state index contributed by atoms with van der Waals surface area (Å²) in [7, 11) is -3.94. The van der Waals surface area contributed by atoms with Crippen molar-refractivity contribution in [1.82, 2.24) is 9.78 Å². The molecule has 2 N–H and O–H groups in total. The van der Waals surface area contributed by atoms with Gasteiger partial charge < -0.3 is 5.11 Å². The van der Waals surface area contributed by atoms with Gasteiger partial charge in [-0.1, -0.05) is 11.6 Å². The predicted octanol–water partition coefficient (Wildman–Crippen LogP) is 1.47. The van der Waals surface area contributed by atoms with Crippen molar-refractivity contribution < 1.29 is 17.9 Å². The summed E-state index contributed by atoms with van der Waals surface area (Å²) >= 11 is 5.59. The van der Waals surface area contributed by atoms with Crippen molar-refractivity contribution in [2.75, 3.05) is 11.3 Å². The Bertz CT molecular complexity index is 717. The zero-order valence-electron chi connectivity index (χ0n) is 10.1. The lowest BCUT2D eigenvalue weighted by Gasteiger charge is -2.07. The number of rotatable bonds is 5. The molecule has 0 amide bonds. The van der Waals surface area contributed by atoms with Crippen LogP contribution in [0, 0.1) is 5.82 Å². The predicted molar refractivity (Wildman–Crippen MR) is 71.5 cm³/mol. The molecular formula is C11H11ClFN3O3S. The zero-order valence-corrected chi connectivity index (χ0v) is 11.7. The van der Waals surface area contributed by atoms with Crippen LogP contribution in [0.25, 0.3) is 0 Å². The summed E-state index contributed by atoms with van der Waals surface area (Å²) in [4.78, 5) is -0.125. The van der Waals surface area contributed by atoms with Crippen molar-refractivity contribution >= 4 is 27.3 Å². The maximum absolute atomic E-state index is 13.6. The van der Waals surface area contributed by atoms with Gasteiger partial charge in [0.15, 0.2) is 0 Å². The third-order valence-corrected chi connectivity index (χ3v) is 3.98. The Morgan fingerprint density at radius 3 is 2.85 bits per heavy atom. The van der Waals surface area contributed by atoms with Crippen LogP contribution in [0.1, 0.15) is 0 Å². The van der Waals surface area contributed by atoms with Gasteiger partial charge in [0.05, 0.1) is 25.0 Å². The van der Waals surface area contributed by atoms with Gasteiger partial charge >= 0.3 is 0 Å². The van der Waals surface area contributed by atoms with E-state index < -0.39 is 15.8 Å². The number of anilines is 1. The summed E-state index contributed by atoms with van der Waals surface area (Å²) in [5.41, 5.74) is -0.204. The Hall–Kier alpha value is -1.64. The van der Waals surface area contributed by atoms with E-state index in [1.54, 1.807) is 0 Å². The third-order valence-electron chi connectivity index (χ3n) is 2.42. The van der Waals surface area contributed by atoms with Crippen molar-refractivity contribution in [3.8, 4) is 0 Å². The second-order valence-corrected chi connectivity index (χ2v) is 6.01. The van der Waals surface area contributed by atoms with Crippen molar-refractivity contribution in [2.24, 2.45) is 0 Å². The molecule has 0 aliphatic heterocycles. The van der Waals surface area contributed by atoms with E-state index in [1.807, 2.05) is 0 Å². The second-order valence-electron chi connectivity index (χ2n) is 3.89. The minimum Gasteiger partial charge on any atom is -0.394 e. The fraction of sp³-hybridized carbons (Fsp3) is 0.182. The molecule has 6 nitrogen and oxygen atoms in total. The number of halogens is 2. The molecule has 0 saturated carbocycles. The van der Waals surface area contributed by atoms with Gasteiger partial charge in [0, 0.05) is 11.2 Å². The summed E-state index contributed by atoms with van der Waals surface area (Å²) in [6.45, 7) is 0.00519. The fourth-order valence-corrected chi connectivity index (χ4v) is 2.66. The molecule has 0 aliphatic rings. The van der Waals surface area contributed by atoms with Crippen LogP contribution in [-0.4, -0.2) is 29.9 Å². The summed E-state index contributed by atoms with van der Waals surface area (Å²) in [6.07, 6.45) is 2.36. The minimum absolute atomic E-state index is 0.125. The average Bonchev–Trinajstić information content (AvgIpc) is 2.83. The van der Waals surface area contributed by atoms with Gasteiger partial charge in [-0.3, -0.25) is 9.40 Å². The SMILES string of the molecule is O=S(=O)(Nc1ccc(Cl)cc1F)c1cnn(CCO)c1. The molecule has 0 saturated heterocycles. The fourth-order valence-electron chi connectivity index (χ4n) is 1.48. The monoisotopic (exact) mass is 319 g/mol. The molecule has 0 unspecified atom stereocenters. The number of aromatic nitrogens is 2. The quantitative estimate of drug-likeness (QED) is 0.874. The average molecular weight is 320 g/mol. The highest BCUT2D eigenvalue weighted by Gasteiger charge is 2.18. The number of aliphatic hydroxyl groups excluding tert-OH is 1. The Balaban J connectivity index is 2.26. The molecule has 1 aromatic carbocycles. The van der Waals surface area contributed by atoms with E-state index in [0.29, 0.717) is 0 Å². The number of benzene rings is 1. The van der Waals surface area contributed by atoms with Crippen LogP contribution in [0.2, 0.25) is 5.02 Å². The zero-order chi connectivity index (χ0) is 14.8. The van der Waals surface area contributed by atoms with Gasteiger partial charge in [-0.15, -0.1) is 0 Å². The molecule has 0 aliphatic carbocycles. The van der Waals surface area contributed by atoms with Crippen LogP contribution in [0.3, 0.4) is 0 Å². The number of aliphatic hydroxyl groups is 1. The van der Waals surface area contributed by atoms with Crippen molar-refractivity contribution in [3.63, 3.8) is 0 Å². The Labute approximate surface area is 119 Å². The maximum atomic E-state index is 13.6. The molecule has 0 radical (unpaired) electrons. The lowest BCUT2D eigenvalue weighted by Crippen LogP contribution is -2.13. The van der Waals surface area contributed by atoms with Gasteiger partial charge in [-0.25, -0.2) is 12.8 Å². The first kappa shape index (κ1) is 14.8. The summed E-state index contributed by atoms with van der Waals surface area (Å²) in [5, 5.41) is 12.7. The lowest BCUT2D eigenvalue weighted by molar-refractivity contribution is 0.269. The molecule has 1 aromatic heterocycles. The highest BCUT2D eigenvalue weighted by Crippen LogP contribution is 2.22. The van der Waals surface area contributed by atoms with E-state index in [0.717, 1.165) is 12.3 Å². The topological polar surface area (TPSA) is 84.2 Å². The first-order valence-corrected chi connectivity index (χ1v) is 7.39. The second kappa shape index (κ2) is 5.78. The van der Waals surface area contributed by atoms with Gasteiger partial charge in [-0.05, 0) is 18.2 Å². The number of nitrogens with one attached hydrogen (secondary N) is 1. The minimum atomic E-state index is -3.94. The van der Waals surface area contributed by atoms with Gasteiger partial charge in [0.1, 0.15) is 10.7 Å². The van der Waals surface area contributed by atoms with E-state index in [1.165, 1.54) is 23.0 Å². The maximum Gasteiger partial charge on any atom is 0.265 e. The molecule has 0 spiro atoms. The van der Waals surface area contributed by atoms with E-state index in [4.69, 9.17) is 16.7 Å². The first-order valence-electron chi connectivity index (χ1n) is 5.53. The highest BCUT2D eigenvalue weighted by molar-refractivity contribution is 7.92. The summed E-state index contributed by atoms with van der Waals surface area (Å²) in [5.74, 6) is -0.774. The van der Waals surface area contributed by atoms with Gasteiger partial charge in [0.2, 0.25) is 0 Å². The van der Waals surface area contributed by atoms with Crippen LogP contribution in [-0.2, 0) is 16.6 Å². The van der Waals surface area contributed by atoms with Crippen molar-refractivity contribution in [2.45, 2.75) is 11.4 Å². The van der Waals surface area contributed by atoms with Crippen LogP contribution < -0.4 is 4.72 Å². The molecule has 108 valence electrons. The third kappa shape index (κ3) is 3.27. The van der Waals surface area contributed by atoms with Crippen LogP contribution in [0.5, 0.6) is 0 Å². The molecule has 2 rings (SSSR count). The van der Waals surface area contributed by atoms with E-state index in [9.17, 15) is 12.8 Å². The van der Waals surface area contributed by atoms with Crippen LogP contribution in [0.4, 0.5) is 10.1 Å². The smallest absolute Gasteiger partial charge is 0.265 e. The molecule has 1 heterocycles. The Morgan fingerprint density at radius 1 is 1.45 bits per heavy atom. The lowest BCUT2D eigenvalue weighted by atomic mass is 10.3. The number of sulfonamides is 1. The number of nitrogens with zero attached hydrogens (tertiary/aromatic N) is 2. The van der Waals surface area contributed by atoms with Gasteiger partial charge in [-0.2, -0.15) is 5.10 Å². The van der Waals surface area contributed by atoms with Gasteiger partial charge in [0.25, 0.3) is 10.0 Å². The summed E-state index contributed by atoms with van der Waals surface area (Å²) in [6, 6.07) is 3.61. The molecule has 9 heteroatoms. The molecular weight excluding hydrogens is 309 g/mol. The molecule has 0 atom stereocenters. The van der Waals surface area contributed by atoms with E-state index >= 15 is 0 Å². The van der Waals surface area contributed by atoms with E-state index in [-0.39, 0.29) is 28.8 Å². The number of hydrogen-bond donors (Lipinski definition) is 2.